The zero-order valence-corrected chi connectivity index (χ0v) is 16.6. The average molecular weight is 379 g/mol. The standard InChI is InChI=1S/C23H25NO4/c1-22(2,3)24-20(25)17-13-14-7-5-6-8-18(14)23(27,19(17)21(24)26)15-9-11-16(28-4)12-10-15/h5-12,17,19,27H,13H2,1-4H3/t17-,19+,23+/m0/s1. The first-order valence-corrected chi connectivity index (χ1v) is 9.52. The Labute approximate surface area is 164 Å². The topological polar surface area (TPSA) is 66.8 Å². The van der Waals surface area contributed by atoms with E-state index >= 15 is 0 Å². The molecule has 1 fully saturated rings. The smallest absolute Gasteiger partial charge is 0.237 e. The Hall–Kier alpha value is -2.66. The second-order valence-corrected chi connectivity index (χ2v) is 8.62. The lowest BCUT2D eigenvalue weighted by molar-refractivity contribution is -0.147. The van der Waals surface area contributed by atoms with Crippen molar-refractivity contribution in [2.45, 2.75) is 38.3 Å². The lowest BCUT2D eigenvalue weighted by Gasteiger charge is -2.41. The van der Waals surface area contributed by atoms with E-state index in [9.17, 15) is 14.7 Å². The van der Waals surface area contributed by atoms with Gasteiger partial charge in [-0.3, -0.25) is 14.5 Å². The molecule has 0 spiro atoms. The molecule has 1 heterocycles. The van der Waals surface area contributed by atoms with Gasteiger partial charge < -0.3 is 9.84 Å². The highest BCUT2D eigenvalue weighted by atomic mass is 16.5. The molecule has 2 amide bonds. The van der Waals surface area contributed by atoms with Gasteiger partial charge in [0.1, 0.15) is 11.4 Å². The van der Waals surface area contributed by atoms with Crippen LogP contribution in [0.2, 0.25) is 0 Å². The van der Waals surface area contributed by atoms with Gasteiger partial charge in [-0.1, -0.05) is 36.4 Å². The minimum atomic E-state index is -1.57. The van der Waals surface area contributed by atoms with E-state index in [1.165, 1.54) is 4.90 Å². The summed E-state index contributed by atoms with van der Waals surface area (Å²) >= 11 is 0. The zero-order valence-electron chi connectivity index (χ0n) is 16.6. The fourth-order valence-corrected chi connectivity index (χ4v) is 4.72. The van der Waals surface area contributed by atoms with E-state index in [0.717, 1.165) is 5.56 Å². The number of ether oxygens (including phenoxy) is 1. The number of nitrogens with zero attached hydrogens (tertiary/aromatic N) is 1. The number of fused-ring (bicyclic) bond motifs is 2. The van der Waals surface area contributed by atoms with Gasteiger partial charge in [0.15, 0.2) is 0 Å². The third kappa shape index (κ3) is 2.49. The number of carbonyl (C=O) groups excluding carboxylic acids is 2. The minimum absolute atomic E-state index is 0.205. The van der Waals surface area contributed by atoms with Crippen molar-refractivity contribution in [2.75, 3.05) is 7.11 Å². The number of hydrogen-bond acceptors (Lipinski definition) is 4. The summed E-state index contributed by atoms with van der Waals surface area (Å²) in [6.45, 7) is 5.54. The van der Waals surface area contributed by atoms with Gasteiger partial charge in [0.25, 0.3) is 0 Å². The molecule has 3 atom stereocenters. The van der Waals surface area contributed by atoms with Crippen molar-refractivity contribution in [3.63, 3.8) is 0 Å². The Kier molecular flexibility index (Phi) is 4.12. The molecule has 1 aliphatic carbocycles. The van der Waals surface area contributed by atoms with Crippen molar-refractivity contribution in [1.82, 2.24) is 4.90 Å². The number of imide groups is 1. The van der Waals surface area contributed by atoms with Crippen molar-refractivity contribution in [3.05, 3.63) is 65.2 Å². The number of methoxy groups -OCH3 is 1. The highest BCUT2D eigenvalue weighted by Gasteiger charge is 2.62. The van der Waals surface area contributed by atoms with Gasteiger partial charge >= 0.3 is 0 Å². The Morgan fingerprint density at radius 2 is 1.68 bits per heavy atom. The Morgan fingerprint density at radius 3 is 2.29 bits per heavy atom. The fraction of sp³-hybridized carbons (Fsp3) is 0.391. The molecule has 2 aliphatic rings. The molecule has 146 valence electrons. The largest absolute Gasteiger partial charge is 0.497 e. The Morgan fingerprint density at radius 1 is 1.04 bits per heavy atom. The van der Waals surface area contributed by atoms with Crippen LogP contribution in [0.15, 0.2) is 48.5 Å². The molecule has 0 aromatic heterocycles. The summed E-state index contributed by atoms with van der Waals surface area (Å²) in [4.78, 5) is 28.0. The summed E-state index contributed by atoms with van der Waals surface area (Å²) in [5.74, 6) is -1.27. The van der Waals surface area contributed by atoms with Crippen LogP contribution in [0, 0.1) is 11.8 Å². The number of hydrogen-bond donors (Lipinski definition) is 1. The molecule has 2 aromatic rings. The molecule has 2 aromatic carbocycles. The van der Waals surface area contributed by atoms with Crippen LogP contribution in [0.1, 0.15) is 37.5 Å². The first-order chi connectivity index (χ1) is 13.2. The molecular formula is C23H25NO4. The summed E-state index contributed by atoms with van der Waals surface area (Å²) in [5.41, 5.74) is -0.0264. The van der Waals surface area contributed by atoms with Crippen molar-refractivity contribution < 1.29 is 19.4 Å². The van der Waals surface area contributed by atoms with Crippen LogP contribution in [0.5, 0.6) is 5.75 Å². The van der Waals surface area contributed by atoms with Gasteiger partial charge in [-0.2, -0.15) is 0 Å². The first kappa shape index (κ1) is 18.7. The minimum Gasteiger partial charge on any atom is -0.497 e. The van der Waals surface area contributed by atoms with Gasteiger partial charge in [0.05, 0.1) is 18.9 Å². The highest BCUT2D eigenvalue weighted by molar-refractivity contribution is 6.07. The van der Waals surface area contributed by atoms with Crippen LogP contribution in [0.3, 0.4) is 0 Å². The number of amides is 2. The molecule has 1 N–H and O–H groups in total. The van der Waals surface area contributed by atoms with Crippen LogP contribution in [0.4, 0.5) is 0 Å². The van der Waals surface area contributed by atoms with Gasteiger partial charge in [-0.25, -0.2) is 0 Å². The lowest BCUT2D eigenvalue weighted by Crippen LogP contribution is -2.49. The monoisotopic (exact) mass is 379 g/mol. The summed E-state index contributed by atoms with van der Waals surface area (Å²) in [5, 5.41) is 12.1. The molecule has 1 saturated heterocycles. The van der Waals surface area contributed by atoms with Crippen LogP contribution in [-0.2, 0) is 21.6 Å². The fourth-order valence-electron chi connectivity index (χ4n) is 4.72. The van der Waals surface area contributed by atoms with E-state index in [2.05, 4.69) is 0 Å². The number of rotatable bonds is 2. The van der Waals surface area contributed by atoms with Crippen molar-refractivity contribution in [3.8, 4) is 5.75 Å². The SMILES string of the molecule is COc1ccc([C@@]2(O)c3ccccc3C[C@@H]3C(=O)N(C(C)(C)C)C(=O)[C@@H]32)cc1. The quantitative estimate of drug-likeness (QED) is 0.815. The molecule has 0 saturated carbocycles. The maximum absolute atomic E-state index is 13.4. The van der Waals surface area contributed by atoms with E-state index in [0.29, 0.717) is 23.3 Å². The zero-order chi connectivity index (χ0) is 20.3. The predicted molar refractivity (Wildman–Crippen MR) is 105 cm³/mol. The number of carbonyl (C=O) groups is 2. The predicted octanol–water partition coefficient (Wildman–Crippen LogP) is 2.89. The molecule has 28 heavy (non-hydrogen) atoms. The molecule has 1 aliphatic heterocycles. The number of likely N-dealkylation sites (tertiary alicyclic amines) is 1. The summed E-state index contributed by atoms with van der Waals surface area (Å²) in [7, 11) is 1.58. The lowest BCUT2D eigenvalue weighted by atomic mass is 9.64. The molecule has 0 unspecified atom stereocenters. The first-order valence-electron chi connectivity index (χ1n) is 9.52. The normalized spacial score (nSPS) is 26.8. The molecule has 0 bridgehead atoms. The second kappa shape index (κ2) is 6.17. The van der Waals surface area contributed by atoms with E-state index in [4.69, 9.17) is 4.74 Å². The Balaban J connectivity index is 1.94. The maximum atomic E-state index is 13.4. The van der Waals surface area contributed by atoms with Gasteiger partial charge in [0.2, 0.25) is 11.8 Å². The Bertz CT molecular complexity index is 944. The van der Waals surface area contributed by atoms with Crippen molar-refractivity contribution in [1.29, 1.82) is 0 Å². The second-order valence-electron chi connectivity index (χ2n) is 8.62. The van der Waals surface area contributed by atoms with E-state index < -0.39 is 23.0 Å². The highest BCUT2D eigenvalue weighted by Crippen LogP contribution is 2.52. The molecule has 4 rings (SSSR count). The van der Waals surface area contributed by atoms with E-state index in [1.54, 1.807) is 31.4 Å². The summed E-state index contributed by atoms with van der Waals surface area (Å²) in [6, 6.07) is 14.6. The average Bonchev–Trinajstić information content (AvgIpc) is 2.92. The van der Waals surface area contributed by atoms with Crippen molar-refractivity contribution in [2.24, 2.45) is 11.8 Å². The molecule has 5 heteroatoms. The van der Waals surface area contributed by atoms with Gasteiger partial charge in [-0.15, -0.1) is 0 Å². The van der Waals surface area contributed by atoms with Crippen LogP contribution >= 0.6 is 0 Å². The van der Waals surface area contributed by atoms with Crippen LogP contribution in [0.25, 0.3) is 0 Å². The number of benzene rings is 2. The van der Waals surface area contributed by atoms with E-state index in [1.807, 2.05) is 45.0 Å². The third-order valence-electron chi connectivity index (χ3n) is 5.95. The summed E-state index contributed by atoms with van der Waals surface area (Å²) in [6.07, 6.45) is 0.455. The van der Waals surface area contributed by atoms with Crippen LogP contribution in [-0.4, -0.2) is 34.5 Å². The molecule has 0 radical (unpaired) electrons. The van der Waals surface area contributed by atoms with E-state index in [-0.39, 0.29) is 11.8 Å². The van der Waals surface area contributed by atoms with Crippen molar-refractivity contribution >= 4 is 11.8 Å². The summed E-state index contributed by atoms with van der Waals surface area (Å²) < 4.78 is 5.23. The third-order valence-corrected chi connectivity index (χ3v) is 5.95. The van der Waals surface area contributed by atoms with Gasteiger partial charge in [-0.05, 0) is 56.0 Å². The molecular weight excluding hydrogens is 354 g/mol. The van der Waals surface area contributed by atoms with Crippen LogP contribution < -0.4 is 4.74 Å². The molecule has 5 nitrogen and oxygen atoms in total. The van der Waals surface area contributed by atoms with Gasteiger partial charge in [0, 0.05) is 5.54 Å². The number of aliphatic hydroxyl groups is 1. The maximum Gasteiger partial charge on any atom is 0.237 e.